The Morgan fingerprint density at radius 3 is 2.38 bits per heavy atom. The van der Waals surface area contributed by atoms with E-state index in [1.807, 2.05) is 19.9 Å². The highest BCUT2D eigenvalue weighted by Crippen LogP contribution is 2.23. The van der Waals surface area contributed by atoms with Crippen LogP contribution in [0.5, 0.6) is 5.75 Å². The first kappa shape index (κ1) is 27.5. The number of nitrogens with zero attached hydrogens (tertiary/aromatic N) is 2. The molecule has 0 bridgehead atoms. The third kappa shape index (κ3) is 7.63. The maximum atomic E-state index is 13.5. The van der Waals surface area contributed by atoms with Gasteiger partial charge in [-0.3, -0.25) is 13.9 Å². The van der Waals surface area contributed by atoms with Crippen LogP contribution in [0.25, 0.3) is 0 Å². The van der Waals surface area contributed by atoms with E-state index in [2.05, 4.69) is 5.32 Å². The van der Waals surface area contributed by atoms with Crippen LogP contribution in [0, 0.1) is 0 Å². The van der Waals surface area contributed by atoms with Crippen LogP contribution in [0.3, 0.4) is 0 Å². The number of methoxy groups -OCH3 is 1. The van der Waals surface area contributed by atoms with Gasteiger partial charge in [0, 0.05) is 17.6 Å². The number of hydrogen-bond donors (Lipinski definition) is 1. The quantitative estimate of drug-likeness (QED) is 0.500. The van der Waals surface area contributed by atoms with Crippen LogP contribution in [-0.2, 0) is 26.2 Å². The van der Waals surface area contributed by atoms with E-state index >= 15 is 0 Å². The molecule has 0 saturated carbocycles. The first-order valence-electron chi connectivity index (χ1n) is 10.9. The second-order valence-corrected chi connectivity index (χ2v) is 10.5. The lowest BCUT2D eigenvalue weighted by atomic mass is 10.1. The molecule has 8 nitrogen and oxygen atoms in total. The van der Waals surface area contributed by atoms with E-state index in [4.69, 9.17) is 16.3 Å². The smallest absolute Gasteiger partial charge is 0.244 e. The largest absolute Gasteiger partial charge is 0.497 e. The van der Waals surface area contributed by atoms with E-state index in [0.717, 1.165) is 22.5 Å². The summed E-state index contributed by atoms with van der Waals surface area (Å²) in [6.45, 7) is 5.06. The van der Waals surface area contributed by atoms with E-state index in [1.165, 1.54) is 11.0 Å². The van der Waals surface area contributed by atoms with Gasteiger partial charge in [0.25, 0.3) is 0 Å². The molecule has 0 radical (unpaired) electrons. The number of carbonyl (C=O) groups is 2. The molecule has 2 rings (SSSR count). The molecule has 0 aliphatic heterocycles. The third-order valence-electron chi connectivity index (χ3n) is 5.43. The highest BCUT2D eigenvalue weighted by molar-refractivity contribution is 7.92. The average Bonchev–Trinajstić information content (AvgIpc) is 2.79. The molecule has 0 aliphatic rings. The molecule has 1 N–H and O–H groups in total. The number of ether oxygens (including phenoxy) is 1. The normalized spacial score (nSPS) is 13.0. The molecule has 2 unspecified atom stereocenters. The fourth-order valence-corrected chi connectivity index (χ4v) is 4.29. The number of anilines is 1. The number of hydrogen-bond acceptors (Lipinski definition) is 5. The molecule has 186 valence electrons. The van der Waals surface area contributed by atoms with Gasteiger partial charge in [-0.25, -0.2) is 8.42 Å². The van der Waals surface area contributed by atoms with Crippen LogP contribution in [0.2, 0.25) is 5.02 Å². The summed E-state index contributed by atoms with van der Waals surface area (Å²) >= 11 is 6.05. The Morgan fingerprint density at radius 1 is 1.12 bits per heavy atom. The fraction of sp³-hybridized carbons (Fsp3) is 0.417. The molecule has 0 spiro atoms. The zero-order valence-electron chi connectivity index (χ0n) is 20.1. The molecule has 0 saturated heterocycles. The number of sulfonamides is 1. The number of halogens is 1. The average molecular weight is 510 g/mol. The van der Waals surface area contributed by atoms with Crippen molar-refractivity contribution in [1.82, 2.24) is 10.2 Å². The molecule has 0 aromatic heterocycles. The van der Waals surface area contributed by atoms with E-state index in [0.29, 0.717) is 10.8 Å². The second-order valence-electron chi connectivity index (χ2n) is 8.12. The Morgan fingerprint density at radius 2 is 1.79 bits per heavy atom. The van der Waals surface area contributed by atoms with Crippen LogP contribution in [0.4, 0.5) is 5.69 Å². The van der Waals surface area contributed by atoms with Gasteiger partial charge >= 0.3 is 0 Å². The number of benzene rings is 2. The predicted molar refractivity (Wildman–Crippen MR) is 135 cm³/mol. The molecule has 0 fully saturated rings. The van der Waals surface area contributed by atoms with Crippen LogP contribution in [-0.4, -0.2) is 57.1 Å². The summed E-state index contributed by atoms with van der Waals surface area (Å²) in [6, 6.07) is 12.5. The Hall–Kier alpha value is -2.78. The molecule has 0 aliphatic carbocycles. The van der Waals surface area contributed by atoms with Crippen molar-refractivity contribution < 1.29 is 22.7 Å². The summed E-state index contributed by atoms with van der Waals surface area (Å²) < 4.78 is 31.3. The minimum atomic E-state index is -3.81. The van der Waals surface area contributed by atoms with Crippen molar-refractivity contribution in [3.8, 4) is 5.75 Å². The van der Waals surface area contributed by atoms with Gasteiger partial charge in [0.05, 0.1) is 19.1 Å². The third-order valence-corrected chi connectivity index (χ3v) is 6.81. The molecular weight excluding hydrogens is 478 g/mol. The van der Waals surface area contributed by atoms with E-state index in [1.54, 1.807) is 50.4 Å². The van der Waals surface area contributed by atoms with E-state index in [9.17, 15) is 18.0 Å². The van der Waals surface area contributed by atoms with Crippen molar-refractivity contribution in [1.29, 1.82) is 0 Å². The first-order chi connectivity index (χ1) is 16.0. The fourth-order valence-electron chi connectivity index (χ4n) is 3.26. The molecule has 2 atom stereocenters. The highest BCUT2D eigenvalue weighted by Gasteiger charge is 2.30. The first-order valence-corrected chi connectivity index (χ1v) is 13.1. The maximum absolute atomic E-state index is 13.5. The van der Waals surface area contributed by atoms with Crippen molar-refractivity contribution in [3.05, 3.63) is 59.1 Å². The Balaban J connectivity index is 2.40. The van der Waals surface area contributed by atoms with Crippen LogP contribution in [0.1, 0.15) is 32.8 Å². The van der Waals surface area contributed by atoms with Crippen molar-refractivity contribution >= 4 is 39.1 Å². The Kier molecular flexibility index (Phi) is 9.76. The zero-order chi connectivity index (χ0) is 25.5. The molecule has 10 heteroatoms. The van der Waals surface area contributed by atoms with Crippen LogP contribution < -0.4 is 14.4 Å². The number of amides is 2. The van der Waals surface area contributed by atoms with Gasteiger partial charge in [-0.1, -0.05) is 36.7 Å². The summed E-state index contributed by atoms with van der Waals surface area (Å²) in [6.07, 6.45) is 1.76. The van der Waals surface area contributed by atoms with Gasteiger partial charge in [0.15, 0.2) is 0 Å². The van der Waals surface area contributed by atoms with Crippen molar-refractivity contribution in [2.24, 2.45) is 0 Å². The lowest BCUT2D eigenvalue weighted by Crippen LogP contribution is -2.52. The summed E-state index contributed by atoms with van der Waals surface area (Å²) in [5, 5.41) is 3.23. The zero-order valence-corrected chi connectivity index (χ0v) is 21.7. The number of nitrogens with one attached hydrogen (secondary N) is 1. The lowest BCUT2D eigenvalue weighted by Gasteiger charge is -2.32. The predicted octanol–water partition coefficient (Wildman–Crippen LogP) is 3.45. The van der Waals surface area contributed by atoms with Gasteiger partial charge in [-0.05, 0) is 56.2 Å². The second kappa shape index (κ2) is 12.1. The van der Waals surface area contributed by atoms with E-state index < -0.39 is 28.5 Å². The molecule has 2 amide bonds. The van der Waals surface area contributed by atoms with Gasteiger partial charge in [-0.15, -0.1) is 0 Å². The summed E-state index contributed by atoms with van der Waals surface area (Å²) in [7, 11) is -2.27. The Labute approximate surface area is 206 Å². The van der Waals surface area contributed by atoms with Gasteiger partial charge < -0.3 is 15.0 Å². The lowest BCUT2D eigenvalue weighted by molar-refractivity contribution is -0.139. The molecule has 0 heterocycles. The van der Waals surface area contributed by atoms with Crippen molar-refractivity contribution in [2.75, 3.05) is 24.2 Å². The van der Waals surface area contributed by atoms with Gasteiger partial charge in [0.2, 0.25) is 21.8 Å². The standard InChI is InChI=1S/C24H32ClN3O5S/c1-6-17(2)26-24(30)18(3)27(15-19-9-7-12-22(13-19)33-4)23(29)16-28(34(5,31)32)21-11-8-10-20(25)14-21/h7-14,17-18H,6,15-16H2,1-5H3,(H,26,30). The summed E-state index contributed by atoms with van der Waals surface area (Å²) in [5.41, 5.74) is 1.01. The van der Waals surface area contributed by atoms with Crippen LogP contribution in [0.15, 0.2) is 48.5 Å². The number of carbonyl (C=O) groups excluding carboxylic acids is 2. The van der Waals surface area contributed by atoms with Crippen LogP contribution >= 0.6 is 11.6 Å². The van der Waals surface area contributed by atoms with Crippen molar-refractivity contribution in [2.45, 2.75) is 45.8 Å². The monoisotopic (exact) mass is 509 g/mol. The summed E-state index contributed by atoms with van der Waals surface area (Å²) in [4.78, 5) is 27.8. The highest BCUT2D eigenvalue weighted by atomic mass is 35.5. The van der Waals surface area contributed by atoms with Gasteiger partial charge in [0.1, 0.15) is 18.3 Å². The van der Waals surface area contributed by atoms with Gasteiger partial charge in [-0.2, -0.15) is 0 Å². The summed E-state index contributed by atoms with van der Waals surface area (Å²) in [5.74, 6) is -0.238. The van der Waals surface area contributed by atoms with Crippen molar-refractivity contribution in [3.63, 3.8) is 0 Å². The number of rotatable bonds is 11. The SMILES string of the molecule is CCC(C)NC(=O)C(C)N(Cc1cccc(OC)c1)C(=O)CN(c1cccc(Cl)c1)S(C)(=O)=O. The van der Waals surface area contributed by atoms with E-state index in [-0.39, 0.29) is 24.2 Å². The molecule has 34 heavy (non-hydrogen) atoms. The maximum Gasteiger partial charge on any atom is 0.244 e. The Bertz CT molecular complexity index is 1110. The topological polar surface area (TPSA) is 96.0 Å². The molecular formula is C24H32ClN3O5S. The minimum Gasteiger partial charge on any atom is -0.497 e. The molecule has 2 aromatic carbocycles. The molecule has 2 aromatic rings. The minimum absolute atomic E-state index is 0.0669.